The van der Waals surface area contributed by atoms with Crippen LogP contribution in [0, 0.1) is 17.8 Å². The number of hydrogen-bond donors (Lipinski definition) is 5. The molecule has 1 saturated heterocycles. The molecule has 2 rings (SSSR count). The molecule has 0 spiro atoms. The smallest absolute Gasteiger partial charge is 0.224 e. The number of rotatable bonds is 10. The number of aliphatic imine (C=N–C) groups is 1. The number of thiazole rings is 1. The Bertz CT molecular complexity index is 1040. The molecule has 2 heterocycles. The van der Waals surface area contributed by atoms with E-state index in [1.807, 2.05) is 13.8 Å². The van der Waals surface area contributed by atoms with Gasteiger partial charge in [-0.1, -0.05) is 27.2 Å². The van der Waals surface area contributed by atoms with Crippen LogP contribution in [0.2, 0.25) is 0 Å². The summed E-state index contributed by atoms with van der Waals surface area (Å²) in [6.07, 6.45) is 4.23. The van der Waals surface area contributed by atoms with Crippen LogP contribution in [0.1, 0.15) is 81.9 Å². The molecule has 222 valence electrons. The normalized spacial score (nSPS) is 22.0. The van der Waals surface area contributed by atoms with E-state index in [9.17, 15) is 24.0 Å². The maximum Gasteiger partial charge on any atom is 0.224 e. The van der Waals surface area contributed by atoms with Crippen molar-refractivity contribution in [2.24, 2.45) is 34.2 Å². The van der Waals surface area contributed by atoms with Gasteiger partial charge in [0.2, 0.25) is 23.5 Å². The number of nitrogens with zero attached hydrogens (tertiary/aromatic N) is 2. The number of carbonyl (C=O) groups excluding carboxylic acids is 5. The zero-order chi connectivity index (χ0) is 29.7. The number of Topliss-reactive ketones (excluding diaryl/α,β-unsaturated/α-hetero) is 2. The summed E-state index contributed by atoms with van der Waals surface area (Å²) in [4.78, 5) is 73.2. The van der Waals surface area contributed by atoms with Crippen molar-refractivity contribution in [3.8, 4) is 0 Å². The number of hydrogen-bond acceptors (Lipinski definition) is 8. The molecule has 0 bridgehead atoms. The fraction of sp³-hybridized carbons (Fsp3) is 0.667. The standard InChI is InChI=1S/C27H43N7O5S/c1-16(2)13-20-21(35)15-18(7-4-5-9-30-22(36)14-17(3)24(38)34-20)25(39)33-19(8-6-10-32-27(28)29)23(37)26-31-11-12-40-26/h11-12,16-20H,4-10,13-15H2,1-3H3,(H,30,36)(H,33,39)(H,34,38)(H4,28,29,32)/t17-,18?,19-,20-/m0/s1. The van der Waals surface area contributed by atoms with Crippen LogP contribution in [0.15, 0.2) is 16.6 Å². The van der Waals surface area contributed by atoms with Gasteiger partial charge in [0.15, 0.2) is 16.8 Å². The molecule has 1 aliphatic heterocycles. The third kappa shape index (κ3) is 11.4. The summed E-state index contributed by atoms with van der Waals surface area (Å²) >= 11 is 1.18. The molecule has 12 nitrogen and oxygen atoms in total. The Morgan fingerprint density at radius 1 is 1.20 bits per heavy atom. The number of aromatic nitrogens is 1. The second-order valence-corrected chi connectivity index (χ2v) is 11.6. The Hall–Kier alpha value is -3.35. The van der Waals surface area contributed by atoms with Crippen LogP contribution in [0.4, 0.5) is 0 Å². The van der Waals surface area contributed by atoms with Crippen molar-refractivity contribution in [3.05, 3.63) is 16.6 Å². The van der Waals surface area contributed by atoms with Gasteiger partial charge in [0, 0.05) is 49.3 Å². The topological polar surface area (TPSA) is 199 Å². The summed E-state index contributed by atoms with van der Waals surface area (Å²) in [7, 11) is 0. The first-order valence-electron chi connectivity index (χ1n) is 13.9. The molecule has 1 fully saturated rings. The maximum absolute atomic E-state index is 13.5. The highest BCUT2D eigenvalue weighted by atomic mass is 32.1. The molecule has 0 aliphatic carbocycles. The number of carbonyl (C=O) groups is 5. The Kier molecular flexibility index (Phi) is 13.7. The first-order valence-corrected chi connectivity index (χ1v) is 14.7. The Morgan fingerprint density at radius 3 is 2.60 bits per heavy atom. The van der Waals surface area contributed by atoms with Crippen molar-refractivity contribution in [2.45, 2.75) is 84.2 Å². The summed E-state index contributed by atoms with van der Waals surface area (Å²) in [5.41, 5.74) is 10.8. The summed E-state index contributed by atoms with van der Waals surface area (Å²) in [6.45, 7) is 6.25. The molecule has 1 aliphatic rings. The van der Waals surface area contributed by atoms with Crippen LogP contribution in [-0.2, 0) is 19.2 Å². The lowest BCUT2D eigenvalue weighted by Crippen LogP contribution is -2.47. The zero-order valence-corrected chi connectivity index (χ0v) is 24.4. The van der Waals surface area contributed by atoms with Crippen molar-refractivity contribution >= 4 is 46.6 Å². The molecule has 4 atom stereocenters. The van der Waals surface area contributed by atoms with Gasteiger partial charge < -0.3 is 27.4 Å². The van der Waals surface area contributed by atoms with Crippen molar-refractivity contribution in [2.75, 3.05) is 13.1 Å². The number of guanidine groups is 1. The molecular formula is C27H43N7O5S. The van der Waals surface area contributed by atoms with E-state index in [2.05, 4.69) is 25.9 Å². The van der Waals surface area contributed by atoms with Gasteiger partial charge in [-0.3, -0.25) is 29.0 Å². The average molecular weight is 578 g/mol. The lowest BCUT2D eigenvalue weighted by molar-refractivity contribution is -0.134. The molecule has 0 saturated carbocycles. The fourth-order valence-corrected chi connectivity index (χ4v) is 5.14. The molecule has 0 aromatic carbocycles. The second-order valence-electron chi connectivity index (χ2n) is 10.7. The summed E-state index contributed by atoms with van der Waals surface area (Å²) in [6, 6.07) is -1.63. The summed E-state index contributed by atoms with van der Waals surface area (Å²) in [5, 5.41) is 10.4. The molecular weight excluding hydrogens is 534 g/mol. The van der Waals surface area contributed by atoms with E-state index in [1.54, 1.807) is 12.3 Å². The third-order valence-electron chi connectivity index (χ3n) is 6.69. The van der Waals surface area contributed by atoms with Gasteiger partial charge in [0.25, 0.3) is 0 Å². The van der Waals surface area contributed by atoms with Gasteiger partial charge in [-0.15, -0.1) is 11.3 Å². The Morgan fingerprint density at radius 2 is 1.95 bits per heavy atom. The largest absolute Gasteiger partial charge is 0.370 e. The molecule has 1 aromatic heterocycles. The monoisotopic (exact) mass is 577 g/mol. The fourth-order valence-electron chi connectivity index (χ4n) is 4.51. The van der Waals surface area contributed by atoms with Gasteiger partial charge in [-0.2, -0.15) is 0 Å². The third-order valence-corrected chi connectivity index (χ3v) is 7.48. The minimum Gasteiger partial charge on any atom is -0.370 e. The number of ketones is 2. The lowest BCUT2D eigenvalue weighted by Gasteiger charge is -2.25. The zero-order valence-electron chi connectivity index (χ0n) is 23.6. The molecule has 40 heavy (non-hydrogen) atoms. The van der Waals surface area contributed by atoms with E-state index < -0.39 is 29.8 Å². The molecule has 1 aromatic rings. The SMILES string of the molecule is CC(C)C[C@@H]1NC(=O)[C@@H](C)CC(=O)NCCCCC(C(=O)N[C@@H](CCCN=C(N)N)C(=O)c2nccs2)CC1=O. The highest BCUT2D eigenvalue weighted by Gasteiger charge is 2.32. The van der Waals surface area contributed by atoms with Crippen LogP contribution >= 0.6 is 11.3 Å². The van der Waals surface area contributed by atoms with Gasteiger partial charge in [-0.25, -0.2) is 4.98 Å². The molecule has 1 unspecified atom stereocenters. The van der Waals surface area contributed by atoms with Crippen molar-refractivity contribution in [1.82, 2.24) is 20.9 Å². The highest BCUT2D eigenvalue weighted by Crippen LogP contribution is 2.20. The van der Waals surface area contributed by atoms with Gasteiger partial charge in [0.1, 0.15) is 0 Å². The van der Waals surface area contributed by atoms with E-state index in [-0.39, 0.29) is 59.5 Å². The summed E-state index contributed by atoms with van der Waals surface area (Å²) < 4.78 is 0. The van der Waals surface area contributed by atoms with Crippen molar-refractivity contribution in [3.63, 3.8) is 0 Å². The minimum atomic E-state index is -0.859. The number of nitrogens with two attached hydrogens (primary N) is 2. The van der Waals surface area contributed by atoms with E-state index in [0.717, 1.165) is 0 Å². The lowest BCUT2D eigenvalue weighted by atomic mass is 9.89. The minimum absolute atomic E-state index is 0.0388. The maximum atomic E-state index is 13.5. The first-order chi connectivity index (χ1) is 19.0. The number of amides is 3. The number of nitrogens with one attached hydrogen (secondary N) is 3. The van der Waals surface area contributed by atoms with Crippen molar-refractivity contribution < 1.29 is 24.0 Å². The van der Waals surface area contributed by atoms with Crippen LogP contribution in [0.25, 0.3) is 0 Å². The second kappa shape index (κ2) is 16.7. The predicted molar refractivity (Wildman–Crippen MR) is 153 cm³/mol. The van der Waals surface area contributed by atoms with Gasteiger partial charge in [0.05, 0.1) is 12.1 Å². The first kappa shape index (κ1) is 32.9. The van der Waals surface area contributed by atoms with Crippen LogP contribution in [0.5, 0.6) is 0 Å². The Labute approximate surface area is 239 Å². The molecule has 3 amide bonds. The highest BCUT2D eigenvalue weighted by molar-refractivity contribution is 7.11. The van der Waals surface area contributed by atoms with Crippen LogP contribution < -0.4 is 27.4 Å². The van der Waals surface area contributed by atoms with E-state index in [0.29, 0.717) is 45.2 Å². The molecule has 13 heteroatoms. The predicted octanol–water partition coefficient (Wildman–Crippen LogP) is 1.30. The summed E-state index contributed by atoms with van der Waals surface area (Å²) in [5.74, 6) is -2.83. The van der Waals surface area contributed by atoms with Crippen LogP contribution in [0.3, 0.4) is 0 Å². The quantitative estimate of drug-likeness (QED) is 0.119. The van der Waals surface area contributed by atoms with E-state index in [4.69, 9.17) is 11.5 Å². The van der Waals surface area contributed by atoms with Crippen LogP contribution in [-0.4, -0.2) is 65.4 Å². The molecule has 7 N–H and O–H groups in total. The van der Waals surface area contributed by atoms with Gasteiger partial charge >= 0.3 is 0 Å². The van der Waals surface area contributed by atoms with Crippen molar-refractivity contribution in [1.29, 1.82) is 0 Å². The van der Waals surface area contributed by atoms with E-state index >= 15 is 0 Å². The van der Waals surface area contributed by atoms with E-state index in [1.165, 1.54) is 17.5 Å². The molecule has 0 radical (unpaired) electrons. The average Bonchev–Trinajstić information content (AvgIpc) is 3.42. The van der Waals surface area contributed by atoms with Gasteiger partial charge in [-0.05, 0) is 38.0 Å². The Balaban J connectivity index is 2.24.